The largest absolute Gasteiger partial charge is 0.494 e. The van der Waals surface area contributed by atoms with E-state index < -0.39 is 11.7 Å². The summed E-state index contributed by atoms with van der Waals surface area (Å²) in [5.74, 6) is -0.626. The SMILES string of the molecule is CCOc1ccc(N/C(C)=C2\C(=N)C(C(C#N)Cc3ccccc3)=NN=C2C)c(F)c1. The van der Waals surface area contributed by atoms with Gasteiger partial charge in [0.1, 0.15) is 17.3 Å². The molecule has 158 valence electrons. The van der Waals surface area contributed by atoms with Crippen LogP contribution in [0.5, 0.6) is 5.75 Å². The van der Waals surface area contributed by atoms with E-state index in [1.165, 1.54) is 6.07 Å². The van der Waals surface area contributed by atoms with Crippen molar-refractivity contribution in [3.8, 4) is 11.8 Å². The number of nitriles is 1. The summed E-state index contributed by atoms with van der Waals surface area (Å²) in [5, 5.41) is 29.8. The highest BCUT2D eigenvalue weighted by Crippen LogP contribution is 2.25. The van der Waals surface area contributed by atoms with Crippen LogP contribution in [0.4, 0.5) is 10.1 Å². The van der Waals surface area contributed by atoms with Crippen molar-refractivity contribution < 1.29 is 9.13 Å². The molecule has 31 heavy (non-hydrogen) atoms. The number of halogens is 1. The molecular formula is C24H24FN5O. The van der Waals surface area contributed by atoms with Crippen LogP contribution in [0, 0.1) is 28.5 Å². The van der Waals surface area contributed by atoms with Gasteiger partial charge in [0.15, 0.2) is 0 Å². The second-order valence-corrected chi connectivity index (χ2v) is 7.12. The van der Waals surface area contributed by atoms with E-state index in [2.05, 4.69) is 21.6 Å². The zero-order valence-corrected chi connectivity index (χ0v) is 17.7. The van der Waals surface area contributed by atoms with E-state index in [0.717, 1.165) is 5.56 Å². The summed E-state index contributed by atoms with van der Waals surface area (Å²) in [7, 11) is 0. The van der Waals surface area contributed by atoms with Crippen LogP contribution in [-0.4, -0.2) is 23.7 Å². The number of anilines is 1. The van der Waals surface area contributed by atoms with Crippen molar-refractivity contribution >= 4 is 22.8 Å². The quantitative estimate of drug-likeness (QED) is 0.653. The number of nitrogens with one attached hydrogen (secondary N) is 2. The fourth-order valence-electron chi connectivity index (χ4n) is 3.41. The van der Waals surface area contributed by atoms with Gasteiger partial charge in [-0.15, -0.1) is 0 Å². The Kier molecular flexibility index (Phi) is 6.93. The van der Waals surface area contributed by atoms with Crippen molar-refractivity contribution in [1.82, 2.24) is 0 Å². The van der Waals surface area contributed by atoms with Crippen LogP contribution in [-0.2, 0) is 6.42 Å². The molecule has 0 aliphatic carbocycles. The number of hydrogen-bond donors (Lipinski definition) is 2. The Morgan fingerprint density at radius 2 is 1.97 bits per heavy atom. The molecule has 1 aliphatic rings. The molecule has 0 saturated heterocycles. The predicted octanol–water partition coefficient (Wildman–Crippen LogP) is 5.14. The van der Waals surface area contributed by atoms with Gasteiger partial charge in [-0.05, 0) is 44.9 Å². The molecule has 1 heterocycles. The molecule has 0 radical (unpaired) electrons. The fourth-order valence-corrected chi connectivity index (χ4v) is 3.41. The van der Waals surface area contributed by atoms with E-state index in [0.29, 0.717) is 41.5 Å². The lowest BCUT2D eigenvalue weighted by Gasteiger charge is -2.21. The molecule has 0 bridgehead atoms. The summed E-state index contributed by atoms with van der Waals surface area (Å²) in [6.07, 6.45) is 0.431. The molecule has 1 atom stereocenters. The average Bonchev–Trinajstić information content (AvgIpc) is 2.75. The highest BCUT2D eigenvalue weighted by Gasteiger charge is 2.28. The van der Waals surface area contributed by atoms with Crippen molar-refractivity contribution in [1.29, 1.82) is 10.7 Å². The van der Waals surface area contributed by atoms with Crippen LogP contribution in [0.2, 0.25) is 0 Å². The van der Waals surface area contributed by atoms with Gasteiger partial charge >= 0.3 is 0 Å². The second kappa shape index (κ2) is 9.81. The number of ether oxygens (including phenoxy) is 1. The van der Waals surface area contributed by atoms with Crippen LogP contribution in [0.1, 0.15) is 26.3 Å². The van der Waals surface area contributed by atoms with Gasteiger partial charge in [-0.2, -0.15) is 15.5 Å². The third-order valence-corrected chi connectivity index (χ3v) is 4.89. The molecule has 0 spiro atoms. The molecule has 1 aliphatic heterocycles. The number of nitrogens with zero attached hydrogens (tertiary/aromatic N) is 3. The van der Waals surface area contributed by atoms with Crippen LogP contribution in [0.3, 0.4) is 0 Å². The lowest BCUT2D eigenvalue weighted by Crippen LogP contribution is -2.31. The first-order chi connectivity index (χ1) is 14.9. The molecule has 0 fully saturated rings. The normalized spacial score (nSPS) is 16.0. The second-order valence-electron chi connectivity index (χ2n) is 7.12. The van der Waals surface area contributed by atoms with Gasteiger partial charge in [-0.3, -0.25) is 5.41 Å². The molecule has 6 nitrogen and oxygen atoms in total. The maximum atomic E-state index is 14.5. The van der Waals surface area contributed by atoms with Crippen LogP contribution >= 0.6 is 0 Å². The molecule has 0 amide bonds. The first kappa shape index (κ1) is 21.9. The number of hydrogen-bond acceptors (Lipinski definition) is 6. The molecular weight excluding hydrogens is 393 g/mol. The minimum atomic E-state index is -0.614. The van der Waals surface area contributed by atoms with Crippen molar-refractivity contribution in [2.45, 2.75) is 27.2 Å². The molecule has 0 saturated carbocycles. The lowest BCUT2D eigenvalue weighted by molar-refractivity contribution is 0.338. The first-order valence-electron chi connectivity index (χ1n) is 10.00. The summed E-state index contributed by atoms with van der Waals surface area (Å²) in [5.41, 5.74) is 3.25. The van der Waals surface area contributed by atoms with Gasteiger partial charge in [0.25, 0.3) is 0 Å². The summed E-state index contributed by atoms with van der Waals surface area (Å²) in [4.78, 5) is 0. The Hall–Kier alpha value is -3.79. The van der Waals surface area contributed by atoms with E-state index in [1.807, 2.05) is 37.3 Å². The van der Waals surface area contributed by atoms with Gasteiger partial charge < -0.3 is 10.1 Å². The Balaban J connectivity index is 1.87. The molecule has 2 aromatic rings. The minimum Gasteiger partial charge on any atom is -0.494 e. The smallest absolute Gasteiger partial charge is 0.150 e. The Labute approximate surface area is 181 Å². The van der Waals surface area contributed by atoms with E-state index in [4.69, 9.17) is 10.1 Å². The highest BCUT2D eigenvalue weighted by atomic mass is 19.1. The molecule has 3 rings (SSSR count). The maximum absolute atomic E-state index is 14.5. The Morgan fingerprint density at radius 1 is 1.23 bits per heavy atom. The zero-order chi connectivity index (χ0) is 22.4. The monoisotopic (exact) mass is 417 g/mol. The van der Waals surface area contributed by atoms with Gasteiger partial charge in [0, 0.05) is 17.3 Å². The molecule has 7 heteroatoms. The van der Waals surface area contributed by atoms with Gasteiger partial charge in [-0.25, -0.2) is 4.39 Å². The third-order valence-electron chi connectivity index (χ3n) is 4.89. The average molecular weight is 417 g/mol. The van der Waals surface area contributed by atoms with E-state index in [-0.39, 0.29) is 11.4 Å². The van der Waals surface area contributed by atoms with Crippen LogP contribution in [0.15, 0.2) is 70.0 Å². The fraction of sp³-hybridized carbons (Fsp3) is 0.250. The predicted molar refractivity (Wildman–Crippen MR) is 121 cm³/mol. The minimum absolute atomic E-state index is 0.117. The van der Waals surface area contributed by atoms with Crippen LogP contribution < -0.4 is 10.1 Å². The van der Waals surface area contributed by atoms with Gasteiger partial charge in [0.05, 0.1) is 35.7 Å². The lowest BCUT2D eigenvalue weighted by atomic mass is 9.88. The Bertz CT molecular complexity index is 1110. The zero-order valence-electron chi connectivity index (χ0n) is 17.7. The standard InChI is InChI=1S/C24H24FN5O/c1-4-31-19-10-11-21(20(25)13-19)28-15(2)22-16(3)29-30-24(23(22)27)18(14-26)12-17-8-6-5-7-9-17/h5-11,13,18,27-28H,4,12H2,1-3H3/b22-15-,27-23?. The summed E-state index contributed by atoms with van der Waals surface area (Å²) in [6.45, 7) is 5.77. The summed E-state index contributed by atoms with van der Waals surface area (Å²) in [6, 6.07) is 16.4. The molecule has 0 aromatic heterocycles. The van der Waals surface area contributed by atoms with Crippen LogP contribution in [0.25, 0.3) is 0 Å². The Morgan fingerprint density at radius 3 is 2.61 bits per heavy atom. The van der Waals surface area contributed by atoms with E-state index >= 15 is 0 Å². The molecule has 1 unspecified atom stereocenters. The van der Waals surface area contributed by atoms with Crippen molar-refractivity contribution in [3.63, 3.8) is 0 Å². The molecule has 2 N–H and O–H groups in total. The first-order valence-corrected chi connectivity index (χ1v) is 10.00. The third kappa shape index (κ3) is 5.04. The maximum Gasteiger partial charge on any atom is 0.150 e. The summed E-state index contributed by atoms with van der Waals surface area (Å²) < 4.78 is 19.8. The summed E-state index contributed by atoms with van der Waals surface area (Å²) >= 11 is 0. The van der Waals surface area contributed by atoms with Crippen molar-refractivity contribution in [3.05, 3.63) is 71.2 Å². The molecule has 2 aromatic carbocycles. The van der Waals surface area contributed by atoms with Gasteiger partial charge in [-0.1, -0.05) is 30.3 Å². The van der Waals surface area contributed by atoms with Crippen molar-refractivity contribution in [2.75, 3.05) is 11.9 Å². The topological polar surface area (TPSA) is 93.6 Å². The van der Waals surface area contributed by atoms with E-state index in [9.17, 15) is 9.65 Å². The van der Waals surface area contributed by atoms with Crippen molar-refractivity contribution in [2.24, 2.45) is 16.1 Å². The van der Waals surface area contributed by atoms with E-state index in [1.54, 1.807) is 26.0 Å². The van der Waals surface area contributed by atoms with Gasteiger partial charge in [0.2, 0.25) is 0 Å². The number of rotatable bonds is 7. The number of benzene rings is 2. The number of allylic oxidation sites excluding steroid dienone is 2. The highest BCUT2D eigenvalue weighted by molar-refractivity contribution is 6.55.